The van der Waals surface area contributed by atoms with E-state index in [1.165, 1.54) is 37.1 Å². The standard InChI is InChI=1S/C27H31N7OS/c28-25-19-1-8-32-34(19)16-27(25)5-9-33(10-6-27)21-13-31-22(14-30-21)36-20-2-7-29-23-18-12-26(3-4-26)11-17(18)15-35-24(20)23/h1-2,7-8,13-14,17-18,25H,3-6,9-12,15-16,28H2/t17?,18?,25-/m1/s1. The highest BCUT2D eigenvalue weighted by atomic mass is 32.2. The number of aromatic nitrogens is 5. The topological polar surface area (TPSA) is 95.0 Å². The molecule has 0 amide bonds. The van der Waals surface area contributed by atoms with Crippen LogP contribution >= 0.6 is 11.8 Å². The third-order valence-corrected chi connectivity index (χ3v) is 10.6. The zero-order valence-corrected chi connectivity index (χ0v) is 21.2. The molecule has 36 heavy (non-hydrogen) atoms. The van der Waals surface area contributed by atoms with E-state index in [0.29, 0.717) is 17.3 Å². The van der Waals surface area contributed by atoms with Crippen LogP contribution in [0.2, 0.25) is 0 Å². The molecule has 2 aliphatic carbocycles. The average Bonchev–Trinajstić information content (AvgIpc) is 3.21. The lowest BCUT2D eigenvalue weighted by Gasteiger charge is -2.41. The number of nitrogens with two attached hydrogens (primary N) is 1. The number of hydrogen-bond acceptors (Lipinski definition) is 8. The van der Waals surface area contributed by atoms with E-state index in [1.54, 1.807) is 11.8 Å². The summed E-state index contributed by atoms with van der Waals surface area (Å²) in [5, 5.41) is 5.34. The summed E-state index contributed by atoms with van der Waals surface area (Å²) in [7, 11) is 0. The Balaban J connectivity index is 0.958. The summed E-state index contributed by atoms with van der Waals surface area (Å²) in [5.41, 5.74) is 9.70. The Hall–Kier alpha value is -2.65. The molecule has 8 nitrogen and oxygen atoms in total. The predicted octanol–water partition coefficient (Wildman–Crippen LogP) is 4.19. The number of pyridine rings is 1. The second kappa shape index (κ2) is 7.68. The monoisotopic (exact) mass is 501 g/mol. The molecule has 6 heterocycles. The first-order valence-electron chi connectivity index (χ1n) is 13.3. The lowest BCUT2D eigenvalue weighted by atomic mass is 9.73. The molecule has 3 atom stereocenters. The van der Waals surface area contributed by atoms with Crippen molar-refractivity contribution >= 4 is 17.6 Å². The smallest absolute Gasteiger partial charge is 0.155 e. The van der Waals surface area contributed by atoms with Crippen molar-refractivity contribution in [1.82, 2.24) is 24.7 Å². The summed E-state index contributed by atoms with van der Waals surface area (Å²) in [6, 6.07) is 4.19. The number of ether oxygens (including phenoxy) is 1. The van der Waals surface area contributed by atoms with Crippen LogP contribution in [-0.2, 0) is 6.54 Å². The summed E-state index contributed by atoms with van der Waals surface area (Å²) >= 11 is 1.63. The van der Waals surface area contributed by atoms with Gasteiger partial charge in [-0.15, -0.1) is 0 Å². The molecule has 8 rings (SSSR count). The third kappa shape index (κ3) is 3.24. The second-order valence-corrected chi connectivity index (χ2v) is 12.7. The lowest BCUT2D eigenvalue weighted by molar-refractivity contribution is 0.170. The minimum Gasteiger partial charge on any atom is -0.490 e. The van der Waals surface area contributed by atoms with Gasteiger partial charge in [0, 0.05) is 49.3 Å². The number of fused-ring (bicyclic) bond motifs is 4. The average molecular weight is 502 g/mol. The molecule has 0 radical (unpaired) electrons. The van der Waals surface area contributed by atoms with Crippen LogP contribution in [0.3, 0.4) is 0 Å². The quantitative estimate of drug-likeness (QED) is 0.571. The van der Waals surface area contributed by atoms with Crippen molar-refractivity contribution in [1.29, 1.82) is 0 Å². The maximum atomic E-state index is 6.65. The van der Waals surface area contributed by atoms with E-state index in [-0.39, 0.29) is 11.5 Å². The Bertz CT molecular complexity index is 1310. The van der Waals surface area contributed by atoms with Crippen LogP contribution in [0.25, 0.3) is 0 Å². The Labute approximate surface area is 215 Å². The summed E-state index contributed by atoms with van der Waals surface area (Å²) in [6.45, 7) is 3.63. The minimum absolute atomic E-state index is 0.0647. The Morgan fingerprint density at radius 3 is 2.67 bits per heavy atom. The first kappa shape index (κ1) is 21.4. The van der Waals surface area contributed by atoms with Gasteiger partial charge in [0.2, 0.25) is 0 Å². The van der Waals surface area contributed by atoms with Crippen LogP contribution < -0.4 is 15.4 Å². The Kier molecular flexibility index (Phi) is 4.57. The van der Waals surface area contributed by atoms with E-state index < -0.39 is 0 Å². The summed E-state index contributed by atoms with van der Waals surface area (Å²) in [4.78, 5) is 17.8. The van der Waals surface area contributed by atoms with E-state index in [1.807, 2.05) is 24.8 Å². The first-order chi connectivity index (χ1) is 17.6. The van der Waals surface area contributed by atoms with Crippen LogP contribution in [0.4, 0.5) is 5.82 Å². The highest BCUT2D eigenvalue weighted by molar-refractivity contribution is 7.99. The maximum Gasteiger partial charge on any atom is 0.155 e. The van der Waals surface area contributed by atoms with Gasteiger partial charge < -0.3 is 15.4 Å². The molecule has 3 aliphatic heterocycles. The van der Waals surface area contributed by atoms with Crippen LogP contribution in [0.15, 0.2) is 46.8 Å². The zero-order valence-electron chi connectivity index (χ0n) is 20.3. The van der Waals surface area contributed by atoms with Gasteiger partial charge in [0.15, 0.2) is 5.75 Å². The highest BCUT2D eigenvalue weighted by Crippen LogP contribution is 2.65. The van der Waals surface area contributed by atoms with E-state index in [0.717, 1.165) is 60.6 Å². The maximum absolute atomic E-state index is 6.65. The molecule has 5 aliphatic rings. The fourth-order valence-corrected chi connectivity index (χ4v) is 8.18. The SMILES string of the molecule is N[C@@H]1c2ccnn2CC12CCN(c1cnc(Sc3ccnc4c3OCC3CC5(CC5)CC43)cn1)CC2. The van der Waals surface area contributed by atoms with Crippen molar-refractivity contribution in [3.63, 3.8) is 0 Å². The summed E-state index contributed by atoms with van der Waals surface area (Å²) < 4.78 is 8.38. The number of hydrogen-bond donors (Lipinski definition) is 1. The fourth-order valence-electron chi connectivity index (χ4n) is 7.36. The van der Waals surface area contributed by atoms with Crippen LogP contribution in [0.1, 0.15) is 61.9 Å². The normalized spacial score (nSPS) is 28.6. The molecule has 2 N–H and O–H groups in total. The van der Waals surface area contributed by atoms with Crippen LogP contribution in [0, 0.1) is 16.7 Å². The van der Waals surface area contributed by atoms with Gasteiger partial charge in [0.1, 0.15) is 10.8 Å². The van der Waals surface area contributed by atoms with E-state index in [9.17, 15) is 0 Å². The molecule has 1 saturated heterocycles. The zero-order chi connectivity index (χ0) is 23.9. The second-order valence-electron chi connectivity index (χ2n) is 11.7. The lowest BCUT2D eigenvalue weighted by Crippen LogP contribution is -2.45. The van der Waals surface area contributed by atoms with Gasteiger partial charge in [-0.05, 0) is 56.1 Å². The van der Waals surface area contributed by atoms with E-state index in [4.69, 9.17) is 25.4 Å². The molecule has 3 aromatic rings. The van der Waals surface area contributed by atoms with Crippen LogP contribution in [0.5, 0.6) is 5.75 Å². The van der Waals surface area contributed by atoms with E-state index in [2.05, 4.69) is 26.8 Å². The summed E-state index contributed by atoms with van der Waals surface area (Å²) in [6.07, 6.45) is 15.1. The van der Waals surface area contributed by atoms with Crippen molar-refractivity contribution in [2.45, 2.75) is 67.0 Å². The van der Waals surface area contributed by atoms with Crippen molar-refractivity contribution in [2.75, 3.05) is 24.6 Å². The number of rotatable bonds is 3. The van der Waals surface area contributed by atoms with Gasteiger partial charge >= 0.3 is 0 Å². The van der Waals surface area contributed by atoms with Crippen molar-refractivity contribution in [3.05, 3.63) is 48.3 Å². The Morgan fingerprint density at radius 1 is 1.00 bits per heavy atom. The number of anilines is 1. The van der Waals surface area contributed by atoms with Gasteiger partial charge in [0.05, 0.1) is 41.3 Å². The molecule has 2 spiro atoms. The molecular weight excluding hydrogens is 470 g/mol. The van der Waals surface area contributed by atoms with Gasteiger partial charge in [-0.1, -0.05) is 11.8 Å². The van der Waals surface area contributed by atoms with Crippen molar-refractivity contribution < 1.29 is 4.74 Å². The third-order valence-electron chi connectivity index (χ3n) is 9.67. The number of nitrogens with zero attached hydrogens (tertiary/aromatic N) is 6. The molecule has 186 valence electrons. The first-order valence-corrected chi connectivity index (χ1v) is 14.1. The molecular formula is C27H31N7OS. The molecule has 0 aromatic carbocycles. The predicted molar refractivity (Wildman–Crippen MR) is 136 cm³/mol. The van der Waals surface area contributed by atoms with Gasteiger partial charge in [-0.3, -0.25) is 9.67 Å². The summed E-state index contributed by atoms with van der Waals surface area (Å²) in [5.74, 6) is 3.10. The van der Waals surface area contributed by atoms with Crippen molar-refractivity contribution in [2.24, 2.45) is 22.5 Å². The van der Waals surface area contributed by atoms with Crippen LogP contribution in [-0.4, -0.2) is 44.4 Å². The fraction of sp³-hybridized carbons (Fsp3) is 0.556. The molecule has 3 fully saturated rings. The van der Waals surface area contributed by atoms with E-state index >= 15 is 0 Å². The number of piperidine rings is 1. The minimum atomic E-state index is 0.0647. The molecule has 3 aromatic heterocycles. The molecule has 9 heteroatoms. The van der Waals surface area contributed by atoms with Gasteiger partial charge in [-0.2, -0.15) is 5.10 Å². The van der Waals surface area contributed by atoms with Gasteiger partial charge in [-0.25, -0.2) is 9.97 Å². The van der Waals surface area contributed by atoms with Gasteiger partial charge in [0.25, 0.3) is 0 Å². The largest absolute Gasteiger partial charge is 0.490 e. The molecule has 0 bridgehead atoms. The Morgan fingerprint density at radius 2 is 1.89 bits per heavy atom. The highest BCUT2D eigenvalue weighted by Gasteiger charge is 2.55. The molecule has 2 unspecified atom stereocenters. The van der Waals surface area contributed by atoms with Crippen molar-refractivity contribution in [3.8, 4) is 5.75 Å². The molecule has 2 saturated carbocycles.